The van der Waals surface area contributed by atoms with Crippen molar-refractivity contribution in [2.75, 3.05) is 11.4 Å². The van der Waals surface area contributed by atoms with Crippen molar-refractivity contribution in [1.82, 2.24) is 9.97 Å². The van der Waals surface area contributed by atoms with Crippen LogP contribution in [0.25, 0.3) is 11.1 Å². The highest BCUT2D eigenvalue weighted by Gasteiger charge is 2.21. The number of carbonyl (C=O) groups excluding carboxylic acids is 1. The van der Waals surface area contributed by atoms with Gasteiger partial charge in [0.05, 0.1) is 5.56 Å². The molecule has 2 aromatic carbocycles. The van der Waals surface area contributed by atoms with Crippen LogP contribution < -0.4 is 4.90 Å². The molecule has 1 amide bonds. The van der Waals surface area contributed by atoms with E-state index in [4.69, 9.17) is 0 Å². The van der Waals surface area contributed by atoms with Gasteiger partial charge in [0.15, 0.2) is 0 Å². The number of nitrogens with zero attached hydrogens (tertiary/aromatic N) is 3. The maximum atomic E-state index is 14.6. The van der Waals surface area contributed by atoms with Gasteiger partial charge in [-0.15, -0.1) is 0 Å². The first kappa shape index (κ1) is 16.8. The van der Waals surface area contributed by atoms with Crippen LogP contribution in [0.4, 0.5) is 10.1 Å². The second-order valence-electron chi connectivity index (χ2n) is 5.66. The van der Waals surface area contributed by atoms with Gasteiger partial charge in [-0.05, 0) is 43.2 Å². The van der Waals surface area contributed by atoms with E-state index in [1.54, 1.807) is 23.4 Å². The van der Waals surface area contributed by atoms with E-state index in [1.165, 1.54) is 18.5 Å². The zero-order valence-corrected chi connectivity index (χ0v) is 14.1. The van der Waals surface area contributed by atoms with Gasteiger partial charge in [-0.3, -0.25) is 4.79 Å². The summed E-state index contributed by atoms with van der Waals surface area (Å²) in [6.07, 6.45) is 4.63. The fraction of sp³-hybridized carbons (Fsp3) is 0.150. The molecule has 0 fully saturated rings. The smallest absolute Gasteiger partial charge is 0.261 e. The predicted molar refractivity (Wildman–Crippen MR) is 96.0 cm³/mol. The van der Waals surface area contributed by atoms with Crippen LogP contribution in [0.3, 0.4) is 0 Å². The van der Waals surface area contributed by atoms with Gasteiger partial charge in [0.1, 0.15) is 12.1 Å². The molecule has 4 nitrogen and oxygen atoms in total. The van der Waals surface area contributed by atoms with Crippen molar-refractivity contribution in [2.45, 2.75) is 13.8 Å². The van der Waals surface area contributed by atoms with E-state index < -0.39 is 5.82 Å². The van der Waals surface area contributed by atoms with Crippen LogP contribution in [0.15, 0.2) is 61.2 Å². The number of anilines is 1. The molecule has 0 saturated carbocycles. The monoisotopic (exact) mass is 335 g/mol. The molecular formula is C20H18FN3O. The van der Waals surface area contributed by atoms with E-state index in [1.807, 2.05) is 38.1 Å². The third-order valence-electron chi connectivity index (χ3n) is 4.06. The van der Waals surface area contributed by atoms with Crippen molar-refractivity contribution in [3.8, 4) is 11.1 Å². The molecule has 0 radical (unpaired) electrons. The highest BCUT2D eigenvalue weighted by Crippen LogP contribution is 2.25. The van der Waals surface area contributed by atoms with Gasteiger partial charge in [-0.2, -0.15) is 0 Å². The number of aryl methyl sites for hydroxylation is 1. The molecule has 25 heavy (non-hydrogen) atoms. The fourth-order valence-electron chi connectivity index (χ4n) is 2.75. The Kier molecular flexibility index (Phi) is 4.84. The van der Waals surface area contributed by atoms with E-state index in [0.29, 0.717) is 17.7 Å². The number of halogens is 1. The number of para-hydroxylation sites is 1. The Morgan fingerprint density at radius 2 is 1.80 bits per heavy atom. The quantitative estimate of drug-likeness (QED) is 0.716. The molecule has 0 spiro atoms. The Balaban J connectivity index is 1.95. The van der Waals surface area contributed by atoms with Crippen molar-refractivity contribution in [3.05, 3.63) is 78.1 Å². The maximum absolute atomic E-state index is 14.6. The van der Waals surface area contributed by atoms with Crippen molar-refractivity contribution >= 4 is 11.6 Å². The van der Waals surface area contributed by atoms with E-state index in [0.717, 1.165) is 11.3 Å². The van der Waals surface area contributed by atoms with Crippen LogP contribution >= 0.6 is 0 Å². The number of aromatic nitrogens is 2. The first-order chi connectivity index (χ1) is 12.1. The van der Waals surface area contributed by atoms with Crippen LogP contribution in [0.5, 0.6) is 0 Å². The zero-order chi connectivity index (χ0) is 17.8. The lowest BCUT2D eigenvalue weighted by atomic mass is 10.0. The highest BCUT2D eigenvalue weighted by molar-refractivity contribution is 6.06. The summed E-state index contributed by atoms with van der Waals surface area (Å²) in [6.45, 7) is 4.26. The number of hydrogen-bond acceptors (Lipinski definition) is 3. The molecular weight excluding hydrogens is 317 g/mol. The molecule has 0 atom stereocenters. The second kappa shape index (κ2) is 7.21. The topological polar surface area (TPSA) is 46.1 Å². The predicted octanol–water partition coefficient (Wildman–Crippen LogP) is 4.26. The normalized spacial score (nSPS) is 10.5. The second-order valence-corrected chi connectivity index (χ2v) is 5.66. The Morgan fingerprint density at radius 1 is 1.08 bits per heavy atom. The van der Waals surface area contributed by atoms with E-state index in [2.05, 4.69) is 9.97 Å². The summed E-state index contributed by atoms with van der Waals surface area (Å²) in [7, 11) is 0. The molecule has 0 bridgehead atoms. The molecule has 0 aliphatic carbocycles. The summed E-state index contributed by atoms with van der Waals surface area (Å²) >= 11 is 0. The van der Waals surface area contributed by atoms with Gasteiger partial charge < -0.3 is 4.90 Å². The Labute approximate surface area is 146 Å². The van der Waals surface area contributed by atoms with Crippen LogP contribution in [0, 0.1) is 12.7 Å². The van der Waals surface area contributed by atoms with Gasteiger partial charge in [0, 0.05) is 30.2 Å². The maximum Gasteiger partial charge on any atom is 0.261 e. The number of benzene rings is 2. The van der Waals surface area contributed by atoms with Gasteiger partial charge >= 0.3 is 0 Å². The third kappa shape index (κ3) is 3.40. The molecule has 0 saturated heterocycles. The summed E-state index contributed by atoms with van der Waals surface area (Å²) < 4.78 is 14.6. The summed E-state index contributed by atoms with van der Waals surface area (Å²) in [5, 5.41) is 0. The number of hydrogen-bond donors (Lipinski definition) is 0. The molecule has 126 valence electrons. The SMILES string of the molecule is CCN(C(=O)c1ccc(-c2cncnc2)cc1F)c1ccccc1C. The van der Waals surface area contributed by atoms with Gasteiger partial charge in [-0.25, -0.2) is 14.4 Å². The third-order valence-corrected chi connectivity index (χ3v) is 4.06. The molecule has 5 heteroatoms. The largest absolute Gasteiger partial charge is 0.308 e. The van der Waals surface area contributed by atoms with Gasteiger partial charge in [0.25, 0.3) is 5.91 Å². The molecule has 3 aromatic rings. The van der Waals surface area contributed by atoms with Crippen LogP contribution in [-0.2, 0) is 0 Å². The Morgan fingerprint density at radius 3 is 2.44 bits per heavy atom. The summed E-state index contributed by atoms with van der Waals surface area (Å²) in [4.78, 5) is 22.3. The van der Waals surface area contributed by atoms with Crippen molar-refractivity contribution in [1.29, 1.82) is 0 Å². The summed E-state index contributed by atoms with van der Waals surface area (Å²) in [5.41, 5.74) is 3.14. The van der Waals surface area contributed by atoms with Gasteiger partial charge in [0.2, 0.25) is 0 Å². The van der Waals surface area contributed by atoms with Crippen LogP contribution in [0.2, 0.25) is 0 Å². The molecule has 0 N–H and O–H groups in total. The molecule has 3 rings (SSSR count). The van der Waals surface area contributed by atoms with Crippen molar-refractivity contribution in [3.63, 3.8) is 0 Å². The lowest BCUT2D eigenvalue weighted by Crippen LogP contribution is -2.31. The van der Waals surface area contributed by atoms with E-state index >= 15 is 0 Å². The molecule has 0 aliphatic heterocycles. The fourth-order valence-corrected chi connectivity index (χ4v) is 2.75. The Bertz CT molecular complexity index is 896. The summed E-state index contributed by atoms with van der Waals surface area (Å²) in [6, 6.07) is 12.1. The highest BCUT2D eigenvalue weighted by atomic mass is 19.1. The number of rotatable bonds is 4. The minimum Gasteiger partial charge on any atom is -0.308 e. The minimum absolute atomic E-state index is 0.0469. The van der Waals surface area contributed by atoms with Crippen molar-refractivity contribution in [2.24, 2.45) is 0 Å². The zero-order valence-electron chi connectivity index (χ0n) is 14.1. The molecule has 1 heterocycles. The number of carbonyl (C=O) groups is 1. The van der Waals surface area contributed by atoms with E-state index in [-0.39, 0.29) is 11.5 Å². The number of amides is 1. The average molecular weight is 335 g/mol. The van der Waals surface area contributed by atoms with Gasteiger partial charge in [-0.1, -0.05) is 24.3 Å². The lowest BCUT2D eigenvalue weighted by Gasteiger charge is -2.23. The van der Waals surface area contributed by atoms with Crippen LogP contribution in [0.1, 0.15) is 22.8 Å². The molecule has 1 aromatic heterocycles. The average Bonchev–Trinajstić information content (AvgIpc) is 2.64. The first-order valence-corrected chi connectivity index (χ1v) is 8.04. The summed E-state index contributed by atoms with van der Waals surface area (Å²) in [5.74, 6) is -0.913. The minimum atomic E-state index is -0.557. The first-order valence-electron chi connectivity index (χ1n) is 8.04. The molecule has 0 aliphatic rings. The van der Waals surface area contributed by atoms with E-state index in [9.17, 15) is 9.18 Å². The lowest BCUT2D eigenvalue weighted by molar-refractivity contribution is 0.0984. The molecule has 0 unspecified atom stereocenters. The van der Waals surface area contributed by atoms with Crippen molar-refractivity contribution < 1.29 is 9.18 Å². The Hall–Kier alpha value is -3.08. The van der Waals surface area contributed by atoms with Crippen LogP contribution in [-0.4, -0.2) is 22.4 Å². The standard InChI is InChI=1S/C20H18FN3O/c1-3-24(19-7-5-4-6-14(19)2)20(25)17-9-8-15(10-18(17)21)16-11-22-13-23-12-16/h4-13H,3H2,1-2H3.